The number of carbonyl (C=O) groups is 1. The number of hydrogen-bond acceptors (Lipinski definition) is 5. The molecule has 3 aromatic rings. The molecule has 1 aliphatic heterocycles. The minimum atomic E-state index is -4.47. The molecule has 9 heteroatoms. The average Bonchev–Trinajstić information content (AvgIpc) is 3.27. The van der Waals surface area contributed by atoms with Gasteiger partial charge in [0.1, 0.15) is 0 Å². The third kappa shape index (κ3) is 5.46. The number of halogens is 3. The van der Waals surface area contributed by atoms with Crippen LogP contribution in [0.4, 0.5) is 24.5 Å². The molecule has 1 aromatic heterocycles. The van der Waals surface area contributed by atoms with Crippen molar-refractivity contribution in [1.29, 1.82) is 0 Å². The van der Waals surface area contributed by atoms with E-state index in [1.807, 2.05) is 24.3 Å². The van der Waals surface area contributed by atoms with Crippen LogP contribution in [0.2, 0.25) is 0 Å². The maximum absolute atomic E-state index is 12.8. The number of rotatable bonds is 6. The number of alkyl halides is 3. The predicted molar refractivity (Wildman–Crippen MR) is 114 cm³/mol. The van der Waals surface area contributed by atoms with Crippen molar-refractivity contribution in [2.45, 2.75) is 38.3 Å². The van der Waals surface area contributed by atoms with Crippen LogP contribution < -0.4 is 10.2 Å². The summed E-state index contributed by atoms with van der Waals surface area (Å²) in [6.07, 6.45) is -0.588. The second-order valence-electron chi connectivity index (χ2n) is 7.73. The molecule has 0 unspecified atom stereocenters. The first-order valence-electron chi connectivity index (χ1n) is 10.5. The van der Waals surface area contributed by atoms with Gasteiger partial charge in [-0.1, -0.05) is 11.2 Å². The molecule has 1 aliphatic rings. The summed E-state index contributed by atoms with van der Waals surface area (Å²) in [5.74, 6) is 0.290. The molecule has 0 saturated carbocycles. The summed E-state index contributed by atoms with van der Waals surface area (Å²) >= 11 is 0. The third-order valence-corrected chi connectivity index (χ3v) is 5.35. The fraction of sp³-hybridized carbons (Fsp3) is 0.348. The zero-order valence-electron chi connectivity index (χ0n) is 17.4. The minimum Gasteiger partial charge on any atom is -0.372 e. The van der Waals surface area contributed by atoms with Crippen molar-refractivity contribution < 1.29 is 22.5 Å². The molecular weight excluding hydrogens is 421 g/mol. The molecule has 2 heterocycles. The molecular formula is C23H23F3N4O2. The summed E-state index contributed by atoms with van der Waals surface area (Å²) in [6.45, 7) is 2.13. The average molecular weight is 444 g/mol. The first kappa shape index (κ1) is 21.9. The number of benzene rings is 2. The Hall–Kier alpha value is -3.36. The smallest absolute Gasteiger partial charge is 0.372 e. The van der Waals surface area contributed by atoms with Crippen molar-refractivity contribution in [1.82, 2.24) is 10.1 Å². The number of amides is 1. The molecule has 1 saturated heterocycles. The van der Waals surface area contributed by atoms with Crippen LogP contribution in [0.15, 0.2) is 53.1 Å². The fourth-order valence-corrected chi connectivity index (χ4v) is 3.66. The van der Waals surface area contributed by atoms with Crippen molar-refractivity contribution >= 4 is 17.3 Å². The van der Waals surface area contributed by atoms with Crippen LogP contribution in [0.25, 0.3) is 11.4 Å². The summed E-state index contributed by atoms with van der Waals surface area (Å²) in [5, 5.41) is 6.44. The van der Waals surface area contributed by atoms with Crippen LogP contribution in [0.3, 0.4) is 0 Å². The van der Waals surface area contributed by atoms with Crippen LogP contribution in [-0.4, -0.2) is 29.1 Å². The SMILES string of the molecule is O=C(CCc1nc(-c2ccc(N3CCCCC3)cc2)no1)Nc1cccc(C(F)(F)F)c1. The highest BCUT2D eigenvalue weighted by Crippen LogP contribution is 2.30. The van der Waals surface area contributed by atoms with E-state index >= 15 is 0 Å². The second-order valence-corrected chi connectivity index (χ2v) is 7.73. The summed E-state index contributed by atoms with van der Waals surface area (Å²) < 4.78 is 43.6. The fourth-order valence-electron chi connectivity index (χ4n) is 3.66. The molecule has 6 nitrogen and oxygen atoms in total. The van der Waals surface area contributed by atoms with Gasteiger partial charge in [0.15, 0.2) is 0 Å². The largest absolute Gasteiger partial charge is 0.416 e. The van der Waals surface area contributed by atoms with Crippen LogP contribution in [0.1, 0.15) is 37.1 Å². The van der Waals surface area contributed by atoms with E-state index in [0.29, 0.717) is 11.7 Å². The van der Waals surface area contributed by atoms with Crippen molar-refractivity contribution in [3.8, 4) is 11.4 Å². The van der Waals surface area contributed by atoms with Gasteiger partial charge < -0.3 is 14.7 Å². The number of aromatic nitrogens is 2. The molecule has 32 heavy (non-hydrogen) atoms. The topological polar surface area (TPSA) is 71.3 Å². The minimum absolute atomic E-state index is 0.00573. The van der Waals surface area contributed by atoms with Crippen LogP contribution in [0, 0.1) is 0 Å². The normalized spacial score (nSPS) is 14.4. The van der Waals surface area contributed by atoms with E-state index in [2.05, 4.69) is 20.4 Å². The lowest BCUT2D eigenvalue weighted by Crippen LogP contribution is -2.29. The monoisotopic (exact) mass is 444 g/mol. The number of hydrogen-bond donors (Lipinski definition) is 1. The summed E-state index contributed by atoms with van der Waals surface area (Å²) in [6, 6.07) is 12.5. The van der Waals surface area contributed by atoms with E-state index in [-0.39, 0.29) is 18.5 Å². The predicted octanol–water partition coefficient (Wildman–Crippen LogP) is 5.32. The second kappa shape index (κ2) is 9.42. The Balaban J connectivity index is 1.32. The van der Waals surface area contributed by atoms with Crippen LogP contribution >= 0.6 is 0 Å². The Bertz CT molecular complexity index is 1060. The number of carbonyl (C=O) groups excluding carboxylic acids is 1. The zero-order valence-corrected chi connectivity index (χ0v) is 17.4. The van der Waals surface area contributed by atoms with Crippen molar-refractivity contribution in [2.75, 3.05) is 23.3 Å². The summed E-state index contributed by atoms with van der Waals surface area (Å²) in [4.78, 5) is 18.8. The van der Waals surface area contributed by atoms with Crippen LogP contribution in [0.5, 0.6) is 0 Å². The number of nitrogens with one attached hydrogen (secondary N) is 1. The Labute approximate surface area is 183 Å². The van der Waals surface area contributed by atoms with Gasteiger partial charge in [-0.05, 0) is 61.7 Å². The zero-order chi connectivity index (χ0) is 22.6. The molecule has 4 rings (SSSR count). The Kier molecular flexibility index (Phi) is 6.43. The number of anilines is 2. The molecule has 168 valence electrons. The quantitative estimate of drug-likeness (QED) is 0.557. The Morgan fingerprint density at radius 1 is 1.06 bits per heavy atom. The molecule has 0 bridgehead atoms. The lowest BCUT2D eigenvalue weighted by Gasteiger charge is -2.28. The molecule has 1 amide bonds. The molecule has 0 radical (unpaired) electrons. The highest BCUT2D eigenvalue weighted by atomic mass is 19.4. The van der Waals surface area contributed by atoms with Gasteiger partial charge in [-0.2, -0.15) is 18.2 Å². The van der Waals surface area contributed by atoms with Gasteiger partial charge in [-0.15, -0.1) is 0 Å². The van der Waals surface area contributed by atoms with E-state index in [1.165, 1.54) is 37.1 Å². The third-order valence-electron chi connectivity index (χ3n) is 5.35. The molecule has 1 fully saturated rings. The molecule has 2 aromatic carbocycles. The maximum Gasteiger partial charge on any atom is 0.416 e. The summed E-state index contributed by atoms with van der Waals surface area (Å²) in [7, 11) is 0. The van der Waals surface area contributed by atoms with E-state index < -0.39 is 17.6 Å². The first-order valence-corrected chi connectivity index (χ1v) is 10.5. The molecule has 1 N–H and O–H groups in total. The van der Waals surface area contributed by atoms with Gasteiger partial charge in [0.2, 0.25) is 17.6 Å². The van der Waals surface area contributed by atoms with E-state index in [9.17, 15) is 18.0 Å². The lowest BCUT2D eigenvalue weighted by atomic mass is 10.1. The van der Waals surface area contributed by atoms with Crippen molar-refractivity contribution in [3.05, 3.63) is 60.0 Å². The molecule has 0 atom stereocenters. The number of piperidine rings is 1. The summed E-state index contributed by atoms with van der Waals surface area (Å²) in [5.41, 5.74) is 1.26. The standard InChI is InChI=1S/C23H23F3N4O2/c24-23(25,26)17-5-4-6-18(15-17)27-20(31)11-12-21-28-22(29-32-21)16-7-9-19(10-8-16)30-13-2-1-3-14-30/h4-10,15H,1-3,11-14H2,(H,27,31). The van der Waals surface area contributed by atoms with Gasteiger partial charge in [0, 0.05) is 42.9 Å². The van der Waals surface area contributed by atoms with Crippen molar-refractivity contribution in [2.24, 2.45) is 0 Å². The van der Waals surface area contributed by atoms with Gasteiger partial charge >= 0.3 is 6.18 Å². The van der Waals surface area contributed by atoms with Gasteiger partial charge in [0.25, 0.3) is 0 Å². The van der Waals surface area contributed by atoms with Gasteiger partial charge in [-0.25, -0.2) is 0 Å². The molecule has 0 spiro atoms. The maximum atomic E-state index is 12.8. The van der Waals surface area contributed by atoms with Crippen LogP contribution in [-0.2, 0) is 17.4 Å². The number of aryl methyl sites for hydroxylation is 1. The lowest BCUT2D eigenvalue weighted by molar-refractivity contribution is -0.137. The van der Waals surface area contributed by atoms with E-state index in [0.717, 1.165) is 30.8 Å². The highest BCUT2D eigenvalue weighted by Gasteiger charge is 2.30. The number of nitrogens with zero attached hydrogens (tertiary/aromatic N) is 3. The Morgan fingerprint density at radius 2 is 1.81 bits per heavy atom. The Morgan fingerprint density at radius 3 is 2.53 bits per heavy atom. The first-order chi connectivity index (χ1) is 15.4. The van der Waals surface area contributed by atoms with E-state index in [1.54, 1.807) is 0 Å². The van der Waals surface area contributed by atoms with E-state index in [4.69, 9.17) is 4.52 Å². The molecule has 0 aliphatic carbocycles. The highest BCUT2D eigenvalue weighted by molar-refractivity contribution is 5.90. The van der Waals surface area contributed by atoms with Crippen molar-refractivity contribution in [3.63, 3.8) is 0 Å². The van der Waals surface area contributed by atoms with Gasteiger partial charge in [-0.3, -0.25) is 4.79 Å². The van der Waals surface area contributed by atoms with Gasteiger partial charge in [0.05, 0.1) is 5.56 Å².